The summed E-state index contributed by atoms with van der Waals surface area (Å²) in [5.41, 5.74) is 3.03. The fraction of sp³-hybridized carbons (Fsp3) is 0.263. The molecule has 0 saturated heterocycles. The summed E-state index contributed by atoms with van der Waals surface area (Å²) >= 11 is 3.42. The van der Waals surface area contributed by atoms with Gasteiger partial charge in [-0.2, -0.15) is 0 Å². The van der Waals surface area contributed by atoms with Gasteiger partial charge >= 0.3 is 0 Å². The molecule has 1 amide bonds. The minimum Gasteiger partial charge on any atom is -0.356 e. The van der Waals surface area contributed by atoms with Gasteiger partial charge in [-0.3, -0.25) is 9.79 Å². The maximum absolute atomic E-state index is 12.1. The Kier molecular flexibility index (Phi) is 10.3. The Morgan fingerprint density at radius 1 is 1.12 bits per heavy atom. The third-order valence-corrected chi connectivity index (χ3v) is 4.13. The minimum atomic E-state index is -0.0311. The van der Waals surface area contributed by atoms with Crippen molar-refractivity contribution < 1.29 is 4.79 Å². The molecule has 0 saturated carbocycles. The van der Waals surface area contributed by atoms with Gasteiger partial charge in [0.15, 0.2) is 5.96 Å². The van der Waals surface area contributed by atoms with Crippen LogP contribution in [0, 0.1) is 6.92 Å². The molecule has 0 atom stereocenters. The number of anilines is 1. The Labute approximate surface area is 180 Å². The number of aliphatic imine (C=N–C) groups is 1. The summed E-state index contributed by atoms with van der Waals surface area (Å²) in [6, 6.07) is 15.9. The molecular formula is C19H24BrIN4O. The molecule has 140 valence electrons. The second kappa shape index (κ2) is 11.9. The van der Waals surface area contributed by atoms with Gasteiger partial charge in [-0.1, -0.05) is 46.3 Å². The number of aryl methyl sites for hydroxylation is 1. The van der Waals surface area contributed by atoms with Gasteiger partial charge in [0.25, 0.3) is 0 Å². The first kappa shape index (κ1) is 22.4. The zero-order chi connectivity index (χ0) is 18.1. The van der Waals surface area contributed by atoms with Crippen molar-refractivity contribution in [2.24, 2.45) is 4.99 Å². The summed E-state index contributed by atoms with van der Waals surface area (Å²) in [5.74, 6) is 0.646. The van der Waals surface area contributed by atoms with Crippen LogP contribution in [0.5, 0.6) is 0 Å². The lowest BCUT2D eigenvalue weighted by atomic mass is 10.2. The molecule has 3 N–H and O–H groups in total. The number of hydrogen-bond donors (Lipinski definition) is 3. The number of amides is 1. The third-order valence-electron chi connectivity index (χ3n) is 3.63. The van der Waals surface area contributed by atoms with Crippen LogP contribution in [-0.4, -0.2) is 25.5 Å². The second-order valence-electron chi connectivity index (χ2n) is 5.60. The molecule has 2 aromatic rings. The molecule has 0 fully saturated rings. The van der Waals surface area contributed by atoms with Crippen molar-refractivity contribution in [1.29, 1.82) is 0 Å². The van der Waals surface area contributed by atoms with E-state index in [1.165, 1.54) is 5.56 Å². The lowest BCUT2D eigenvalue weighted by molar-refractivity contribution is -0.116. The third kappa shape index (κ3) is 7.74. The van der Waals surface area contributed by atoms with Gasteiger partial charge in [0.05, 0.1) is 0 Å². The molecular weight excluding hydrogens is 507 g/mol. The van der Waals surface area contributed by atoms with Crippen LogP contribution in [0.1, 0.15) is 17.5 Å². The highest BCUT2D eigenvalue weighted by Crippen LogP contribution is 2.19. The first-order valence-corrected chi connectivity index (χ1v) is 8.92. The predicted molar refractivity (Wildman–Crippen MR) is 122 cm³/mol. The van der Waals surface area contributed by atoms with Crippen molar-refractivity contribution in [3.05, 3.63) is 64.1 Å². The van der Waals surface area contributed by atoms with E-state index in [1.807, 2.05) is 55.5 Å². The molecule has 0 aliphatic rings. The van der Waals surface area contributed by atoms with Crippen LogP contribution >= 0.6 is 39.9 Å². The second-order valence-corrected chi connectivity index (χ2v) is 6.51. The Bertz CT molecular complexity index is 738. The van der Waals surface area contributed by atoms with Gasteiger partial charge in [0.1, 0.15) is 0 Å². The topological polar surface area (TPSA) is 65.5 Å². The van der Waals surface area contributed by atoms with E-state index >= 15 is 0 Å². The number of halogens is 2. The van der Waals surface area contributed by atoms with Crippen LogP contribution in [0.3, 0.4) is 0 Å². The van der Waals surface area contributed by atoms with Crippen LogP contribution < -0.4 is 16.0 Å². The van der Waals surface area contributed by atoms with Crippen molar-refractivity contribution in [2.75, 3.05) is 18.9 Å². The van der Waals surface area contributed by atoms with Gasteiger partial charge in [-0.25, -0.2) is 0 Å². The number of nitrogens with one attached hydrogen (secondary N) is 3. The van der Waals surface area contributed by atoms with Crippen LogP contribution in [-0.2, 0) is 11.3 Å². The van der Waals surface area contributed by atoms with Gasteiger partial charge < -0.3 is 16.0 Å². The first-order valence-electron chi connectivity index (χ1n) is 8.13. The van der Waals surface area contributed by atoms with Crippen molar-refractivity contribution >= 4 is 57.5 Å². The summed E-state index contributed by atoms with van der Waals surface area (Å²) in [4.78, 5) is 16.2. The number of guanidine groups is 1. The Morgan fingerprint density at radius 3 is 2.50 bits per heavy atom. The Morgan fingerprint density at radius 2 is 1.85 bits per heavy atom. The standard InChI is InChI=1S/C19H23BrN4O.HI/c1-14-12-16(20)8-9-17(14)24-18(25)10-11-22-19(21-2)23-13-15-6-4-3-5-7-15;/h3-9,12H,10-11,13H2,1-2H3,(H,24,25)(H2,21,22,23);1H. The average Bonchev–Trinajstić information content (AvgIpc) is 2.61. The first-order chi connectivity index (χ1) is 12.1. The molecule has 0 aliphatic carbocycles. The molecule has 0 unspecified atom stereocenters. The monoisotopic (exact) mass is 530 g/mol. The summed E-state index contributed by atoms with van der Waals surface area (Å²) in [6.45, 7) is 3.16. The summed E-state index contributed by atoms with van der Waals surface area (Å²) in [6.07, 6.45) is 0.363. The van der Waals surface area contributed by atoms with Gasteiger partial charge in [-0.05, 0) is 36.2 Å². The van der Waals surface area contributed by atoms with Crippen molar-refractivity contribution in [3.63, 3.8) is 0 Å². The lowest BCUT2D eigenvalue weighted by Gasteiger charge is -2.12. The fourth-order valence-corrected chi connectivity index (χ4v) is 2.75. The maximum Gasteiger partial charge on any atom is 0.226 e. The van der Waals surface area contributed by atoms with Crippen LogP contribution in [0.15, 0.2) is 58.0 Å². The van der Waals surface area contributed by atoms with Crippen LogP contribution in [0.25, 0.3) is 0 Å². The molecule has 0 radical (unpaired) electrons. The molecule has 0 heterocycles. The molecule has 26 heavy (non-hydrogen) atoms. The molecule has 0 aromatic heterocycles. The minimum absolute atomic E-state index is 0. The number of benzene rings is 2. The fourth-order valence-electron chi connectivity index (χ4n) is 2.28. The number of carbonyl (C=O) groups excluding carboxylic acids is 1. The van der Waals surface area contributed by atoms with Gasteiger partial charge in [0, 0.05) is 36.7 Å². The van der Waals surface area contributed by atoms with Gasteiger partial charge in [0.2, 0.25) is 5.91 Å². The van der Waals surface area contributed by atoms with Crippen molar-refractivity contribution in [2.45, 2.75) is 19.9 Å². The highest BCUT2D eigenvalue weighted by molar-refractivity contribution is 14.0. The average molecular weight is 531 g/mol. The van der Waals surface area contributed by atoms with E-state index in [0.29, 0.717) is 25.5 Å². The zero-order valence-electron chi connectivity index (χ0n) is 14.9. The van der Waals surface area contributed by atoms with E-state index in [9.17, 15) is 4.79 Å². The highest BCUT2D eigenvalue weighted by atomic mass is 127. The van der Waals surface area contributed by atoms with Crippen LogP contribution in [0.4, 0.5) is 5.69 Å². The zero-order valence-corrected chi connectivity index (χ0v) is 18.8. The van der Waals surface area contributed by atoms with E-state index in [2.05, 4.69) is 36.9 Å². The smallest absolute Gasteiger partial charge is 0.226 e. The molecule has 2 rings (SSSR count). The number of nitrogens with zero attached hydrogens (tertiary/aromatic N) is 1. The van der Waals surface area contributed by atoms with E-state index in [0.717, 1.165) is 15.7 Å². The number of rotatable bonds is 6. The quantitative estimate of drug-likeness (QED) is 0.300. The highest BCUT2D eigenvalue weighted by Gasteiger charge is 2.06. The van der Waals surface area contributed by atoms with E-state index in [1.54, 1.807) is 7.05 Å². The van der Waals surface area contributed by atoms with Gasteiger partial charge in [-0.15, -0.1) is 24.0 Å². The number of hydrogen-bond acceptors (Lipinski definition) is 2. The molecule has 7 heteroatoms. The van der Waals surface area contributed by atoms with Crippen molar-refractivity contribution in [1.82, 2.24) is 10.6 Å². The predicted octanol–water partition coefficient (Wildman–Crippen LogP) is 4.07. The summed E-state index contributed by atoms with van der Waals surface area (Å²) in [7, 11) is 1.71. The molecule has 0 bridgehead atoms. The summed E-state index contributed by atoms with van der Waals surface area (Å²) < 4.78 is 0.998. The normalized spacial score (nSPS) is 10.7. The van der Waals surface area contributed by atoms with E-state index < -0.39 is 0 Å². The maximum atomic E-state index is 12.1. The van der Waals surface area contributed by atoms with E-state index in [-0.39, 0.29) is 29.9 Å². The summed E-state index contributed by atoms with van der Waals surface area (Å²) in [5, 5.41) is 9.30. The number of carbonyl (C=O) groups is 1. The molecule has 2 aromatic carbocycles. The largest absolute Gasteiger partial charge is 0.356 e. The molecule has 0 aliphatic heterocycles. The SMILES string of the molecule is CN=C(NCCC(=O)Nc1ccc(Br)cc1C)NCc1ccccc1.I. The Balaban J connectivity index is 0.00000338. The lowest BCUT2D eigenvalue weighted by Crippen LogP contribution is -2.38. The molecule has 5 nitrogen and oxygen atoms in total. The van der Waals surface area contributed by atoms with Crippen LogP contribution in [0.2, 0.25) is 0 Å². The molecule has 0 spiro atoms. The Hall–Kier alpha value is -1.61. The van der Waals surface area contributed by atoms with E-state index in [4.69, 9.17) is 0 Å². The van der Waals surface area contributed by atoms with Crippen molar-refractivity contribution in [3.8, 4) is 0 Å².